The number of carbonyl (C=O) groups excluding carboxylic acids is 1. The Morgan fingerprint density at radius 1 is 1.32 bits per heavy atom. The van der Waals surface area contributed by atoms with E-state index in [1.165, 1.54) is 11.3 Å². The first-order valence-corrected chi connectivity index (χ1v) is 10.4. The smallest absolute Gasteiger partial charge is 0.271 e. The standard InChI is InChI=1S/C17H21N3O3S2/c1-20(15-8-9-18-12-15)16(21)11-13-4-6-14(7-5-13)19-25(22,23)17-3-2-10-24-17/h2-7,10,15,18-19H,8-9,11-12H2,1H3. The summed E-state index contributed by atoms with van der Waals surface area (Å²) in [5.74, 6) is 0.0700. The molecule has 1 fully saturated rings. The van der Waals surface area contributed by atoms with Gasteiger partial charge >= 0.3 is 0 Å². The molecular formula is C17H21N3O3S2. The van der Waals surface area contributed by atoms with E-state index in [0.29, 0.717) is 12.1 Å². The number of anilines is 1. The third kappa shape index (κ3) is 4.39. The average Bonchev–Trinajstić information content (AvgIpc) is 3.29. The van der Waals surface area contributed by atoms with Gasteiger partial charge < -0.3 is 10.2 Å². The van der Waals surface area contributed by atoms with E-state index in [1.54, 1.807) is 46.7 Å². The predicted molar refractivity (Wildman–Crippen MR) is 99.3 cm³/mol. The maximum atomic E-state index is 12.4. The van der Waals surface area contributed by atoms with Crippen molar-refractivity contribution in [1.82, 2.24) is 10.2 Å². The molecule has 134 valence electrons. The van der Waals surface area contributed by atoms with E-state index in [2.05, 4.69) is 10.0 Å². The lowest BCUT2D eigenvalue weighted by molar-refractivity contribution is -0.130. The molecule has 2 heterocycles. The Balaban J connectivity index is 1.61. The van der Waals surface area contributed by atoms with Crippen LogP contribution in [0, 0.1) is 0 Å². The van der Waals surface area contributed by atoms with Crippen LogP contribution in [0.25, 0.3) is 0 Å². The fourth-order valence-corrected chi connectivity index (χ4v) is 4.84. The number of hydrogen-bond acceptors (Lipinski definition) is 5. The van der Waals surface area contributed by atoms with Gasteiger partial charge in [0.1, 0.15) is 4.21 Å². The molecule has 0 aliphatic carbocycles. The lowest BCUT2D eigenvalue weighted by Crippen LogP contribution is -2.39. The summed E-state index contributed by atoms with van der Waals surface area (Å²) in [6.45, 7) is 1.78. The highest BCUT2D eigenvalue weighted by Gasteiger charge is 2.23. The van der Waals surface area contributed by atoms with Crippen molar-refractivity contribution in [3.05, 3.63) is 47.3 Å². The van der Waals surface area contributed by atoms with Gasteiger partial charge in [-0.25, -0.2) is 8.42 Å². The molecule has 6 nitrogen and oxygen atoms in total. The van der Waals surface area contributed by atoms with Crippen molar-refractivity contribution in [2.24, 2.45) is 0 Å². The van der Waals surface area contributed by atoms with Crippen molar-refractivity contribution in [2.75, 3.05) is 24.9 Å². The lowest BCUT2D eigenvalue weighted by Gasteiger charge is -2.23. The fourth-order valence-electron chi connectivity index (χ4n) is 2.79. The maximum absolute atomic E-state index is 12.4. The number of benzene rings is 1. The minimum Gasteiger partial charge on any atom is -0.341 e. The van der Waals surface area contributed by atoms with Crippen molar-refractivity contribution in [3.8, 4) is 0 Å². The number of carbonyl (C=O) groups is 1. The molecule has 1 aliphatic heterocycles. The minimum atomic E-state index is -3.54. The number of amides is 1. The number of hydrogen-bond donors (Lipinski definition) is 2. The molecule has 2 N–H and O–H groups in total. The zero-order valence-electron chi connectivity index (χ0n) is 13.9. The topological polar surface area (TPSA) is 78.5 Å². The Labute approximate surface area is 151 Å². The van der Waals surface area contributed by atoms with Crippen LogP contribution in [0.1, 0.15) is 12.0 Å². The zero-order chi connectivity index (χ0) is 17.9. The van der Waals surface area contributed by atoms with Gasteiger partial charge in [-0.05, 0) is 42.1 Å². The highest BCUT2D eigenvalue weighted by atomic mass is 32.2. The summed E-state index contributed by atoms with van der Waals surface area (Å²) >= 11 is 1.17. The molecule has 3 rings (SSSR count). The van der Waals surface area contributed by atoms with Crippen LogP contribution in [0.15, 0.2) is 46.0 Å². The van der Waals surface area contributed by atoms with Gasteiger partial charge in [0.15, 0.2) is 0 Å². The van der Waals surface area contributed by atoms with Crippen LogP contribution in [0.3, 0.4) is 0 Å². The summed E-state index contributed by atoms with van der Waals surface area (Å²) in [4.78, 5) is 14.2. The molecule has 0 radical (unpaired) electrons. The molecule has 2 aromatic rings. The van der Waals surface area contributed by atoms with Crippen molar-refractivity contribution >= 4 is 33.0 Å². The largest absolute Gasteiger partial charge is 0.341 e. The highest BCUT2D eigenvalue weighted by Crippen LogP contribution is 2.20. The van der Waals surface area contributed by atoms with E-state index in [-0.39, 0.29) is 16.2 Å². The van der Waals surface area contributed by atoms with Crippen LogP contribution in [-0.4, -0.2) is 45.4 Å². The Bertz CT molecular complexity index is 811. The summed E-state index contributed by atoms with van der Waals surface area (Å²) in [6.07, 6.45) is 1.29. The van der Waals surface area contributed by atoms with Gasteiger partial charge in [-0.1, -0.05) is 18.2 Å². The van der Waals surface area contributed by atoms with Gasteiger partial charge in [0.2, 0.25) is 5.91 Å². The van der Waals surface area contributed by atoms with Crippen molar-refractivity contribution in [3.63, 3.8) is 0 Å². The van der Waals surface area contributed by atoms with Gasteiger partial charge in [0.25, 0.3) is 10.0 Å². The second-order valence-electron chi connectivity index (χ2n) is 6.06. The van der Waals surface area contributed by atoms with Crippen LogP contribution in [0.4, 0.5) is 5.69 Å². The molecule has 0 bridgehead atoms. The van der Waals surface area contributed by atoms with E-state index < -0.39 is 10.0 Å². The molecule has 1 aliphatic rings. The lowest BCUT2D eigenvalue weighted by atomic mass is 10.1. The second kappa shape index (κ2) is 7.55. The third-order valence-corrected chi connectivity index (χ3v) is 7.08. The number of sulfonamides is 1. The minimum absolute atomic E-state index is 0.0700. The van der Waals surface area contributed by atoms with Crippen LogP contribution < -0.4 is 10.0 Å². The van der Waals surface area contributed by atoms with Crippen molar-refractivity contribution in [1.29, 1.82) is 0 Å². The van der Waals surface area contributed by atoms with Crippen LogP contribution in [0.2, 0.25) is 0 Å². The first-order chi connectivity index (χ1) is 12.0. The molecule has 1 saturated heterocycles. The van der Waals surface area contributed by atoms with Crippen molar-refractivity contribution < 1.29 is 13.2 Å². The zero-order valence-corrected chi connectivity index (χ0v) is 15.6. The summed E-state index contributed by atoms with van der Waals surface area (Å²) in [7, 11) is -1.71. The molecule has 0 saturated carbocycles. The SMILES string of the molecule is CN(C(=O)Cc1ccc(NS(=O)(=O)c2cccs2)cc1)C1CCNC1. The van der Waals surface area contributed by atoms with E-state index in [0.717, 1.165) is 25.1 Å². The molecule has 1 aromatic heterocycles. The van der Waals surface area contributed by atoms with E-state index in [4.69, 9.17) is 0 Å². The third-order valence-electron chi connectivity index (χ3n) is 4.30. The molecule has 1 atom stereocenters. The summed E-state index contributed by atoms with van der Waals surface area (Å²) in [6, 6.07) is 10.5. The van der Waals surface area contributed by atoms with E-state index in [9.17, 15) is 13.2 Å². The predicted octanol–water partition coefficient (Wildman–Crippen LogP) is 1.91. The number of rotatable bonds is 6. The normalized spacial score (nSPS) is 17.4. The number of nitrogens with one attached hydrogen (secondary N) is 2. The number of likely N-dealkylation sites (N-methyl/N-ethyl adjacent to an activating group) is 1. The quantitative estimate of drug-likeness (QED) is 0.804. The van der Waals surface area contributed by atoms with E-state index >= 15 is 0 Å². The number of nitrogens with zero attached hydrogens (tertiary/aromatic N) is 1. The van der Waals surface area contributed by atoms with Gasteiger partial charge in [-0.15, -0.1) is 11.3 Å². The van der Waals surface area contributed by atoms with Crippen molar-refractivity contribution in [2.45, 2.75) is 23.1 Å². The molecule has 1 unspecified atom stereocenters. The Hall–Kier alpha value is -1.90. The van der Waals surface area contributed by atoms with Crippen LogP contribution >= 0.6 is 11.3 Å². The number of thiophene rings is 1. The molecule has 25 heavy (non-hydrogen) atoms. The molecule has 0 spiro atoms. The summed E-state index contributed by atoms with van der Waals surface area (Å²) in [5, 5.41) is 4.98. The first-order valence-electron chi connectivity index (χ1n) is 8.07. The molecule has 8 heteroatoms. The monoisotopic (exact) mass is 379 g/mol. The first kappa shape index (κ1) is 17.9. The summed E-state index contributed by atoms with van der Waals surface area (Å²) < 4.78 is 27.2. The fraction of sp³-hybridized carbons (Fsp3) is 0.353. The molecule has 1 amide bonds. The average molecular weight is 380 g/mol. The van der Waals surface area contributed by atoms with Gasteiger partial charge in [0, 0.05) is 25.3 Å². The Kier molecular flexibility index (Phi) is 5.41. The summed E-state index contributed by atoms with van der Waals surface area (Å²) in [5.41, 5.74) is 1.35. The molecular weight excluding hydrogens is 358 g/mol. The van der Waals surface area contributed by atoms with E-state index in [1.807, 2.05) is 7.05 Å². The second-order valence-corrected chi connectivity index (χ2v) is 8.92. The highest BCUT2D eigenvalue weighted by molar-refractivity contribution is 7.94. The Morgan fingerprint density at radius 2 is 2.08 bits per heavy atom. The maximum Gasteiger partial charge on any atom is 0.271 e. The van der Waals surface area contributed by atoms with Gasteiger partial charge in [0.05, 0.1) is 6.42 Å². The van der Waals surface area contributed by atoms with Crippen LogP contribution in [0.5, 0.6) is 0 Å². The Morgan fingerprint density at radius 3 is 2.68 bits per heavy atom. The molecule has 1 aromatic carbocycles. The van der Waals surface area contributed by atoms with Gasteiger partial charge in [-0.2, -0.15) is 0 Å². The van der Waals surface area contributed by atoms with Crippen LogP contribution in [-0.2, 0) is 21.2 Å². The van der Waals surface area contributed by atoms with Gasteiger partial charge in [-0.3, -0.25) is 9.52 Å².